The van der Waals surface area contributed by atoms with Crippen LogP contribution in [0.2, 0.25) is 0 Å². The van der Waals surface area contributed by atoms with Gasteiger partial charge in [0.05, 0.1) is 5.56 Å². The van der Waals surface area contributed by atoms with Gasteiger partial charge in [-0.05, 0) is 18.6 Å². The van der Waals surface area contributed by atoms with E-state index in [9.17, 15) is 14.0 Å². The van der Waals surface area contributed by atoms with Crippen molar-refractivity contribution in [1.82, 2.24) is 0 Å². The molecule has 2 nitrogen and oxygen atoms in total. The lowest BCUT2D eigenvalue weighted by molar-refractivity contribution is 0.0972. The predicted octanol–water partition coefficient (Wildman–Crippen LogP) is 6.77. The SMILES string of the molecule is CCCCCCCCCCC(=O)c1ccc(C(=O)c2ccccc2)cc1F. The van der Waals surface area contributed by atoms with E-state index < -0.39 is 5.82 Å². The number of rotatable bonds is 12. The summed E-state index contributed by atoms with van der Waals surface area (Å²) in [5, 5.41) is 0. The van der Waals surface area contributed by atoms with Gasteiger partial charge in [-0.15, -0.1) is 0 Å². The van der Waals surface area contributed by atoms with E-state index in [0.717, 1.165) is 19.3 Å². The summed E-state index contributed by atoms with van der Waals surface area (Å²) in [6.07, 6.45) is 9.57. The number of halogens is 1. The van der Waals surface area contributed by atoms with Gasteiger partial charge in [-0.3, -0.25) is 9.59 Å². The molecule has 0 saturated heterocycles. The van der Waals surface area contributed by atoms with Gasteiger partial charge in [0.25, 0.3) is 0 Å². The van der Waals surface area contributed by atoms with E-state index in [-0.39, 0.29) is 22.7 Å². The van der Waals surface area contributed by atoms with Gasteiger partial charge in [0, 0.05) is 17.5 Å². The molecule has 3 heteroatoms. The van der Waals surface area contributed by atoms with Gasteiger partial charge in [-0.25, -0.2) is 4.39 Å². The molecule has 0 amide bonds. The van der Waals surface area contributed by atoms with E-state index in [1.807, 2.05) is 6.07 Å². The quantitative estimate of drug-likeness (QED) is 0.306. The van der Waals surface area contributed by atoms with Gasteiger partial charge in [-0.1, -0.05) is 88.3 Å². The Kier molecular flexibility index (Phi) is 8.90. The van der Waals surface area contributed by atoms with Crippen molar-refractivity contribution in [3.8, 4) is 0 Å². The first kappa shape index (κ1) is 21.0. The number of benzene rings is 2. The second kappa shape index (κ2) is 11.4. The molecular weight excluding hydrogens is 339 g/mol. The van der Waals surface area contributed by atoms with Crippen molar-refractivity contribution >= 4 is 11.6 Å². The molecule has 0 saturated carbocycles. The number of carbonyl (C=O) groups is 2. The Morgan fingerprint density at radius 1 is 0.778 bits per heavy atom. The summed E-state index contributed by atoms with van der Waals surface area (Å²) in [5.74, 6) is -1.03. The van der Waals surface area contributed by atoms with E-state index >= 15 is 0 Å². The van der Waals surface area contributed by atoms with Crippen molar-refractivity contribution in [2.75, 3.05) is 0 Å². The molecule has 2 rings (SSSR count). The van der Waals surface area contributed by atoms with Crippen LogP contribution < -0.4 is 0 Å². The van der Waals surface area contributed by atoms with Crippen molar-refractivity contribution in [2.24, 2.45) is 0 Å². The number of Topliss-reactive ketones (excluding diaryl/α,β-unsaturated/α-hetero) is 1. The van der Waals surface area contributed by atoms with Crippen molar-refractivity contribution in [3.05, 3.63) is 71.0 Å². The van der Waals surface area contributed by atoms with Crippen LogP contribution >= 0.6 is 0 Å². The fourth-order valence-corrected chi connectivity index (χ4v) is 3.19. The molecule has 0 aromatic heterocycles. The minimum Gasteiger partial charge on any atom is -0.294 e. The fourth-order valence-electron chi connectivity index (χ4n) is 3.19. The first-order valence-electron chi connectivity index (χ1n) is 10.1. The molecule has 0 heterocycles. The highest BCUT2D eigenvalue weighted by Gasteiger charge is 2.15. The second-order valence-corrected chi connectivity index (χ2v) is 7.04. The van der Waals surface area contributed by atoms with Gasteiger partial charge in [-0.2, -0.15) is 0 Å². The minimum atomic E-state index is -0.610. The van der Waals surface area contributed by atoms with Gasteiger partial charge >= 0.3 is 0 Å². The zero-order valence-corrected chi connectivity index (χ0v) is 16.2. The molecule has 0 bridgehead atoms. The largest absolute Gasteiger partial charge is 0.294 e. The molecule has 0 aliphatic carbocycles. The fraction of sp³-hybridized carbons (Fsp3) is 0.417. The molecule has 2 aromatic rings. The lowest BCUT2D eigenvalue weighted by atomic mass is 9.98. The Morgan fingerprint density at radius 2 is 1.41 bits per heavy atom. The predicted molar refractivity (Wildman–Crippen MR) is 108 cm³/mol. The standard InChI is InChI=1S/C24H29FO2/c1-2-3-4-5-6-7-8-12-15-23(26)21-17-16-20(18-22(21)25)24(27)19-13-10-9-11-14-19/h9-11,13-14,16-18H,2-8,12,15H2,1H3. The number of carbonyl (C=O) groups excluding carboxylic acids is 2. The average molecular weight is 368 g/mol. The molecule has 0 atom stereocenters. The molecular formula is C24H29FO2. The van der Waals surface area contributed by atoms with Gasteiger partial charge in [0.2, 0.25) is 0 Å². The van der Waals surface area contributed by atoms with Gasteiger partial charge in [0.15, 0.2) is 11.6 Å². The Morgan fingerprint density at radius 3 is 2.04 bits per heavy atom. The average Bonchev–Trinajstić information content (AvgIpc) is 2.69. The molecule has 0 aliphatic heterocycles. The highest BCUT2D eigenvalue weighted by molar-refractivity contribution is 6.09. The Bertz CT molecular complexity index is 737. The highest BCUT2D eigenvalue weighted by Crippen LogP contribution is 2.18. The van der Waals surface area contributed by atoms with Crippen LogP contribution in [0, 0.1) is 5.82 Å². The zero-order chi connectivity index (χ0) is 19.5. The maximum atomic E-state index is 14.4. The lowest BCUT2D eigenvalue weighted by Crippen LogP contribution is -2.06. The number of ketones is 2. The highest BCUT2D eigenvalue weighted by atomic mass is 19.1. The lowest BCUT2D eigenvalue weighted by Gasteiger charge is -2.06. The van der Waals surface area contributed by atoms with Gasteiger partial charge < -0.3 is 0 Å². The maximum absolute atomic E-state index is 14.4. The van der Waals surface area contributed by atoms with Crippen LogP contribution in [0.25, 0.3) is 0 Å². The number of unbranched alkanes of at least 4 members (excludes halogenated alkanes) is 7. The van der Waals surface area contributed by atoms with Crippen LogP contribution in [-0.4, -0.2) is 11.6 Å². The zero-order valence-electron chi connectivity index (χ0n) is 16.2. The third-order valence-corrected chi connectivity index (χ3v) is 4.83. The molecule has 0 unspecified atom stereocenters. The number of hydrogen-bond donors (Lipinski definition) is 0. The minimum absolute atomic E-state index is 0.0857. The van der Waals surface area contributed by atoms with E-state index in [4.69, 9.17) is 0 Å². The molecule has 0 N–H and O–H groups in total. The van der Waals surface area contributed by atoms with Crippen LogP contribution in [0.3, 0.4) is 0 Å². The topological polar surface area (TPSA) is 34.1 Å². The summed E-state index contributed by atoms with van der Waals surface area (Å²) >= 11 is 0. The second-order valence-electron chi connectivity index (χ2n) is 7.04. The normalized spacial score (nSPS) is 10.7. The Balaban J connectivity index is 1.82. The monoisotopic (exact) mass is 368 g/mol. The first-order chi connectivity index (χ1) is 13.1. The van der Waals surface area contributed by atoms with E-state index in [0.29, 0.717) is 12.0 Å². The van der Waals surface area contributed by atoms with Crippen molar-refractivity contribution in [1.29, 1.82) is 0 Å². The molecule has 0 fully saturated rings. The summed E-state index contributed by atoms with van der Waals surface area (Å²) in [6, 6.07) is 12.9. The molecule has 0 aliphatic rings. The number of hydrogen-bond acceptors (Lipinski definition) is 2. The van der Waals surface area contributed by atoms with Crippen LogP contribution in [0.4, 0.5) is 4.39 Å². The Labute approximate surface area is 161 Å². The molecule has 144 valence electrons. The van der Waals surface area contributed by atoms with Crippen LogP contribution in [0.5, 0.6) is 0 Å². The molecule has 0 radical (unpaired) electrons. The summed E-state index contributed by atoms with van der Waals surface area (Å²) in [5.41, 5.74) is 0.861. The Hall–Kier alpha value is -2.29. The van der Waals surface area contributed by atoms with Gasteiger partial charge in [0.1, 0.15) is 5.82 Å². The van der Waals surface area contributed by atoms with E-state index in [2.05, 4.69) is 6.92 Å². The van der Waals surface area contributed by atoms with Crippen LogP contribution in [-0.2, 0) is 0 Å². The van der Waals surface area contributed by atoms with Crippen LogP contribution in [0.15, 0.2) is 48.5 Å². The third-order valence-electron chi connectivity index (χ3n) is 4.83. The molecule has 2 aromatic carbocycles. The van der Waals surface area contributed by atoms with Crippen molar-refractivity contribution in [2.45, 2.75) is 64.7 Å². The maximum Gasteiger partial charge on any atom is 0.193 e. The summed E-state index contributed by atoms with van der Waals surface area (Å²) in [4.78, 5) is 24.6. The summed E-state index contributed by atoms with van der Waals surface area (Å²) < 4.78 is 14.4. The summed E-state index contributed by atoms with van der Waals surface area (Å²) in [6.45, 7) is 2.20. The van der Waals surface area contributed by atoms with Crippen LogP contribution in [0.1, 0.15) is 91.0 Å². The third kappa shape index (κ3) is 6.74. The molecule has 27 heavy (non-hydrogen) atoms. The smallest absolute Gasteiger partial charge is 0.193 e. The summed E-state index contributed by atoms with van der Waals surface area (Å²) in [7, 11) is 0. The van der Waals surface area contributed by atoms with E-state index in [1.54, 1.807) is 30.3 Å². The first-order valence-corrected chi connectivity index (χ1v) is 10.1. The molecule has 0 spiro atoms. The van der Waals surface area contributed by atoms with Crippen molar-refractivity contribution < 1.29 is 14.0 Å². The van der Waals surface area contributed by atoms with E-state index in [1.165, 1.54) is 44.2 Å². The van der Waals surface area contributed by atoms with Crippen molar-refractivity contribution in [3.63, 3.8) is 0 Å².